The van der Waals surface area contributed by atoms with Gasteiger partial charge in [0.15, 0.2) is 0 Å². The number of furan rings is 1. The molecule has 0 bridgehead atoms. The Morgan fingerprint density at radius 1 is 1.33 bits per heavy atom. The molecule has 0 aromatic carbocycles. The number of aryl methyl sites for hydroxylation is 1. The van der Waals surface area contributed by atoms with Gasteiger partial charge in [0.05, 0.1) is 6.04 Å². The van der Waals surface area contributed by atoms with Crippen LogP contribution in [0.5, 0.6) is 0 Å². The van der Waals surface area contributed by atoms with Gasteiger partial charge in [0, 0.05) is 13.0 Å². The third-order valence-corrected chi connectivity index (χ3v) is 2.59. The van der Waals surface area contributed by atoms with Crippen LogP contribution in [0.2, 0.25) is 0 Å². The summed E-state index contributed by atoms with van der Waals surface area (Å²) in [5, 5.41) is 5.35. The number of hydrogen-bond donors (Lipinski definition) is 2. The van der Waals surface area contributed by atoms with Crippen molar-refractivity contribution in [2.75, 3.05) is 6.54 Å². The maximum absolute atomic E-state index is 11.8. The molecular weight excluding hydrogens is 272 g/mol. The first kappa shape index (κ1) is 17.1. The number of rotatable bonds is 5. The van der Waals surface area contributed by atoms with Crippen LogP contribution in [0.15, 0.2) is 16.5 Å². The fourth-order valence-electron chi connectivity index (χ4n) is 1.66. The molecule has 0 aliphatic heterocycles. The molecule has 0 radical (unpaired) electrons. The number of alkyl carbamates (subject to hydrolysis) is 1. The molecular formula is C15H24N2O4. The molecule has 1 aromatic heterocycles. The Hall–Kier alpha value is -1.98. The van der Waals surface area contributed by atoms with Gasteiger partial charge in [-0.3, -0.25) is 4.79 Å². The molecule has 1 rings (SSSR count). The fourth-order valence-corrected chi connectivity index (χ4v) is 1.66. The standard InChI is InChI=1S/C15H24N2O4/c1-10-6-7-12(20-10)11(2)17-13(18)8-9-16-14(19)21-15(3,4)5/h6-7,11H,8-9H2,1-5H3,(H,16,19)(H,17,18)/t11-/m1/s1. The quantitative estimate of drug-likeness (QED) is 0.875. The Balaban J connectivity index is 2.27. The van der Waals surface area contributed by atoms with Gasteiger partial charge in [0.2, 0.25) is 5.91 Å². The summed E-state index contributed by atoms with van der Waals surface area (Å²) in [6.07, 6.45) is -0.339. The summed E-state index contributed by atoms with van der Waals surface area (Å²) < 4.78 is 10.5. The maximum Gasteiger partial charge on any atom is 0.407 e. The molecule has 118 valence electrons. The highest BCUT2D eigenvalue weighted by atomic mass is 16.6. The Morgan fingerprint density at radius 3 is 2.52 bits per heavy atom. The van der Waals surface area contributed by atoms with Gasteiger partial charge < -0.3 is 19.8 Å². The van der Waals surface area contributed by atoms with Gasteiger partial charge in [-0.2, -0.15) is 0 Å². The van der Waals surface area contributed by atoms with E-state index in [9.17, 15) is 9.59 Å². The van der Waals surface area contributed by atoms with Crippen LogP contribution >= 0.6 is 0 Å². The molecule has 6 heteroatoms. The van der Waals surface area contributed by atoms with E-state index in [-0.39, 0.29) is 24.9 Å². The minimum Gasteiger partial charge on any atom is -0.464 e. The van der Waals surface area contributed by atoms with Gasteiger partial charge in [-0.15, -0.1) is 0 Å². The maximum atomic E-state index is 11.8. The SMILES string of the molecule is Cc1ccc([C@@H](C)NC(=O)CCNC(=O)OC(C)(C)C)o1. The Labute approximate surface area is 125 Å². The predicted octanol–water partition coefficient (Wildman–Crippen LogP) is 2.68. The van der Waals surface area contributed by atoms with Gasteiger partial charge in [0.1, 0.15) is 17.1 Å². The lowest BCUT2D eigenvalue weighted by molar-refractivity contribution is -0.121. The molecule has 0 saturated heterocycles. The first-order valence-electron chi connectivity index (χ1n) is 7.00. The van der Waals surface area contributed by atoms with E-state index in [0.29, 0.717) is 5.76 Å². The predicted molar refractivity (Wildman–Crippen MR) is 78.9 cm³/mol. The van der Waals surface area contributed by atoms with Crippen molar-refractivity contribution >= 4 is 12.0 Å². The number of amides is 2. The first-order valence-corrected chi connectivity index (χ1v) is 7.00. The molecule has 1 heterocycles. The van der Waals surface area contributed by atoms with Gasteiger partial charge in [-0.25, -0.2) is 4.79 Å². The average Bonchev–Trinajstić information content (AvgIpc) is 2.73. The second kappa shape index (κ2) is 7.15. The van der Waals surface area contributed by atoms with Crippen molar-refractivity contribution in [3.63, 3.8) is 0 Å². The monoisotopic (exact) mass is 296 g/mol. The van der Waals surface area contributed by atoms with Crippen LogP contribution in [-0.4, -0.2) is 24.1 Å². The zero-order chi connectivity index (χ0) is 16.0. The molecule has 2 amide bonds. The topological polar surface area (TPSA) is 80.6 Å². The van der Waals surface area contributed by atoms with Gasteiger partial charge in [0.25, 0.3) is 0 Å². The minimum atomic E-state index is -0.544. The van der Waals surface area contributed by atoms with E-state index in [4.69, 9.17) is 9.15 Å². The summed E-state index contributed by atoms with van der Waals surface area (Å²) >= 11 is 0. The van der Waals surface area contributed by atoms with Crippen LogP contribution in [0.25, 0.3) is 0 Å². The summed E-state index contributed by atoms with van der Waals surface area (Å²) in [5.41, 5.74) is -0.544. The molecule has 1 atom stereocenters. The molecule has 6 nitrogen and oxygen atoms in total. The normalized spacial score (nSPS) is 12.6. The van der Waals surface area contributed by atoms with Crippen LogP contribution in [-0.2, 0) is 9.53 Å². The van der Waals surface area contributed by atoms with Crippen molar-refractivity contribution in [1.29, 1.82) is 0 Å². The van der Waals surface area contributed by atoms with Crippen LogP contribution in [0, 0.1) is 6.92 Å². The highest BCUT2D eigenvalue weighted by Crippen LogP contribution is 2.15. The lowest BCUT2D eigenvalue weighted by atomic mass is 10.2. The van der Waals surface area contributed by atoms with E-state index in [0.717, 1.165) is 5.76 Å². The summed E-state index contributed by atoms with van der Waals surface area (Å²) in [5.74, 6) is 1.35. The van der Waals surface area contributed by atoms with Gasteiger partial charge >= 0.3 is 6.09 Å². The Kier molecular flexibility index (Phi) is 5.81. The highest BCUT2D eigenvalue weighted by molar-refractivity contribution is 5.77. The van der Waals surface area contributed by atoms with Gasteiger partial charge in [-0.05, 0) is 46.8 Å². The third-order valence-electron chi connectivity index (χ3n) is 2.59. The summed E-state index contributed by atoms with van der Waals surface area (Å²) in [6.45, 7) is 9.27. The zero-order valence-corrected chi connectivity index (χ0v) is 13.3. The van der Waals surface area contributed by atoms with E-state index in [1.165, 1.54) is 0 Å². The van der Waals surface area contributed by atoms with Crippen LogP contribution in [0.1, 0.15) is 51.7 Å². The molecule has 0 spiro atoms. The number of carbonyl (C=O) groups excluding carboxylic acids is 2. The highest BCUT2D eigenvalue weighted by Gasteiger charge is 2.16. The lowest BCUT2D eigenvalue weighted by Gasteiger charge is -2.19. The van der Waals surface area contributed by atoms with E-state index in [1.807, 2.05) is 26.0 Å². The second-order valence-corrected chi connectivity index (χ2v) is 5.92. The minimum absolute atomic E-state index is 0.160. The molecule has 21 heavy (non-hydrogen) atoms. The number of nitrogens with one attached hydrogen (secondary N) is 2. The molecule has 0 fully saturated rings. The second-order valence-electron chi connectivity index (χ2n) is 5.92. The third kappa shape index (κ3) is 6.83. The Bertz CT molecular complexity index is 488. The molecule has 2 N–H and O–H groups in total. The molecule has 0 saturated carbocycles. The first-order chi connectivity index (χ1) is 9.67. The summed E-state index contributed by atoms with van der Waals surface area (Å²) in [6, 6.07) is 3.48. The van der Waals surface area contributed by atoms with Crippen LogP contribution in [0.4, 0.5) is 4.79 Å². The van der Waals surface area contributed by atoms with Crippen molar-refractivity contribution in [3.05, 3.63) is 23.7 Å². The smallest absolute Gasteiger partial charge is 0.407 e. The van der Waals surface area contributed by atoms with Crippen LogP contribution in [0.3, 0.4) is 0 Å². The fraction of sp³-hybridized carbons (Fsp3) is 0.600. The number of hydrogen-bond acceptors (Lipinski definition) is 4. The van der Waals surface area contributed by atoms with Gasteiger partial charge in [-0.1, -0.05) is 0 Å². The van der Waals surface area contributed by atoms with E-state index >= 15 is 0 Å². The van der Waals surface area contributed by atoms with Crippen molar-refractivity contribution in [2.24, 2.45) is 0 Å². The van der Waals surface area contributed by atoms with Crippen molar-refractivity contribution in [3.8, 4) is 0 Å². The molecule has 1 aromatic rings. The molecule has 0 aliphatic carbocycles. The van der Waals surface area contributed by atoms with Crippen molar-refractivity contribution in [1.82, 2.24) is 10.6 Å². The van der Waals surface area contributed by atoms with Crippen molar-refractivity contribution in [2.45, 2.75) is 52.7 Å². The summed E-state index contributed by atoms with van der Waals surface area (Å²) in [7, 11) is 0. The largest absolute Gasteiger partial charge is 0.464 e. The molecule has 0 unspecified atom stereocenters. The summed E-state index contributed by atoms with van der Waals surface area (Å²) in [4.78, 5) is 23.2. The molecule has 0 aliphatic rings. The lowest BCUT2D eigenvalue weighted by Crippen LogP contribution is -2.35. The van der Waals surface area contributed by atoms with Crippen LogP contribution < -0.4 is 10.6 Å². The van der Waals surface area contributed by atoms with E-state index in [1.54, 1.807) is 20.8 Å². The van der Waals surface area contributed by atoms with Crippen molar-refractivity contribution < 1.29 is 18.7 Å². The average molecular weight is 296 g/mol. The zero-order valence-electron chi connectivity index (χ0n) is 13.3. The number of carbonyl (C=O) groups is 2. The van der Waals surface area contributed by atoms with E-state index in [2.05, 4.69) is 10.6 Å². The Morgan fingerprint density at radius 2 is 2.00 bits per heavy atom. The number of ether oxygens (including phenoxy) is 1. The van der Waals surface area contributed by atoms with E-state index < -0.39 is 11.7 Å².